The van der Waals surface area contributed by atoms with E-state index in [0.29, 0.717) is 0 Å². The van der Waals surface area contributed by atoms with E-state index in [4.69, 9.17) is 0 Å². The van der Waals surface area contributed by atoms with Crippen molar-refractivity contribution in [2.75, 3.05) is 14.1 Å². The fraction of sp³-hybridized carbons (Fsp3) is 0.600. The van der Waals surface area contributed by atoms with Crippen molar-refractivity contribution < 1.29 is 0 Å². The van der Waals surface area contributed by atoms with Gasteiger partial charge in [-0.25, -0.2) is 0 Å². The Balaban J connectivity index is 2.63. The molecule has 0 spiro atoms. The molecule has 0 heterocycles. The van der Waals surface area contributed by atoms with Crippen LogP contribution in [0.25, 0.3) is 0 Å². The summed E-state index contributed by atoms with van der Waals surface area (Å²) in [5, 5.41) is 0. The van der Waals surface area contributed by atoms with Crippen molar-refractivity contribution in [3.05, 3.63) is 13.5 Å². The molecule has 0 unspecified atom stereocenters. The highest BCUT2D eigenvalue weighted by Crippen LogP contribution is 1.83. The van der Waals surface area contributed by atoms with E-state index in [1.807, 2.05) is 25.5 Å². The first-order valence-corrected chi connectivity index (χ1v) is 2.06. The standard InChI is InChI=1S/C5H11N/c1-4-5-6(2)3/h5H,1,4H2,2-3H3. The molecule has 0 saturated heterocycles. The van der Waals surface area contributed by atoms with Gasteiger partial charge in [-0.15, -0.1) is 0 Å². The Kier molecular flexibility index (Phi) is 3.14. The predicted molar refractivity (Wildman–Crippen MR) is 28.0 cm³/mol. The lowest BCUT2D eigenvalue weighted by Crippen LogP contribution is -2.05. The largest absolute Gasteiger partial charge is 0.305 e. The Bertz CT molecular complexity index is 25.1. The lowest BCUT2D eigenvalue weighted by molar-refractivity contribution is 0.490. The van der Waals surface area contributed by atoms with E-state index in [0.717, 1.165) is 6.42 Å². The van der Waals surface area contributed by atoms with Crippen LogP contribution in [0, 0.1) is 13.5 Å². The molecule has 0 aromatic heterocycles. The Morgan fingerprint density at radius 1 is 1.67 bits per heavy atom. The van der Waals surface area contributed by atoms with E-state index < -0.39 is 0 Å². The van der Waals surface area contributed by atoms with Crippen LogP contribution >= 0.6 is 0 Å². The maximum atomic E-state index is 3.63. The maximum Gasteiger partial charge on any atom is 0.0245 e. The second-order valence-electron chi connectivity index (χ2n) is 1.43. The Morgan fingerprint density at radius 3 is 2.17 bits per heavy atom. The molecule has 36 valence electrons. The predicted octanol–water partition coefficient (Wildman–Crippen LogP) is 0.934. The lowest BCUT2D eigenvalue weighted by Gasteiger charge is -2.02. The fourth-order valence-corrected chi connectivity index (χ4v) is 0.258. The minimum atomic E-state index is 0.882. The van der Waals surface area contributed by atoms with Crippen molar-refractivity contribution in [1.29, 1.82) is 0 Å². The molecule has 0 aliphatic carbocycles. The molecule has 0 aromatic carbocycles. The van der Waals surface area contributed by atoms with E-state index in [-0.39, 0.29) is 0 Å². The minimum Gasteiger partial charge on any atom is -0.305 e. The first-order valence-electron chi connectivity index (χ1n) is 2.06. The average molecular weight is 85.1 g/mol. The van der Waals surface area contributed by atoms with Gasteiger partial charge in [0.05, 0.1) is 0 Å². The van der Waals surface area contributed by atoms with Crippen LogP contribution in [-0.4, -0.2) is 19.0 Å². The van der Waals surface area contributed by atoms with Crippen LogP contribution in [0.3, 0.4) is 0 Å². The monoisotopic (exact) mass is 85.1 g/mol. The SMILES string of the molecule is [CH2]C[CH]N(C)C. The summed E-state index contributed by atoms with van der Waals surface area (Å²) in [7, 11) is 3.98. The molecule has 0 aliphatic heterocycles. The third-order valence-corrected chi connectivity index (χ3v) is 0.494. The molecule has 0 bridgehead atoms. The Labute approximate surface area is 40.0 Å². The minimum absolute atomic E-state index is 0.882. The topological polar surface area (TPSA) is 3.24 Å². The second-order valence-corrected chi connectivity index (χ2v) is 1.43. The molecule has 0 atom stereocenters. The summed E-state index contributed by atoms with van der Waals surface area (Å²) < 4.78 is 0. The summed E-state index contributed by atoms with van der Waals surface area (Å²) >= 11 is 0. The van der Waals surface area contributed by atoms with E-state index >= 15 is 0 Å². The van der Waals surface area contributed by atoms with Crippen molar-refractivity contribution in [3.8, 4) is 0 Å². The third kappa shape index (κ3) is 3.96. The highest BCUT2D eigenvalue weighted by Gasteiger charge is 1.80. The van der Waals surface area contributed by atoms with Crippen molar-refractivity contribution in [1.82, 2.24) is 4.90 Å². The van der Waals surface area contributed by atoms with Gasteiger partial charge in [-0.1, -0.05) is 6.92 Å². The summed E-state index contributed by atoms with van der Waals surface area (Å²) in [6, 6.07) is 0. The van der Waals surface area contributed by atoms with Gasteiger partial charge in [-0.05, 0) is 20.5 Å². The molecule has 1 heteroatoms. The summed E-state index contributed by atoms with van der Waals surface area (Å²) in [5.41, 5.74) is 0. The van der Waals surface area contributed by atoms with Crippen LogP contribution < -0.4 is 0 Å². The first-order chi connectivity index (χ1) is 2.77. The third-order valence-electron chi connectivity index (χ3n) is 0.494. The smallest absolute Gasteiger partial charge is 0.0245 e. The highest BCUT2D eigenvalue weighted by molar-refractivity contribution is 4.59. The number of hydrogen-bond acceptors (Lipinski definition) is 1. The normalized spacial score (nSPS) is 10.0. The van der Waals surface area contributed by atoms with Crippen LogP contribution in [0.15, 0.2) is 0 Å². The van der Waals surface area contributed by atoms with Gasteiger partial charge in [-0.2, -0.15) is 0 Å². The van der Waals surface area contributed by atoms with E-state index in [1.54, 1.807) is 0 Å². The summed E-state index contributed by atoms with van der Waals surface area (Å²) in [6.45, 7) is 5.64. The Morgan fingerprint density at radius 2 is 2.17 bits per heavy atom. The van der Waals surface area contributed by atoms with Crippen molar-refractivity contribution >= 4 is 0 Å². The quantitative estimate of drug-likeness (QED) is 0.482. The molecule has 2 radical (unpaired) electrons. The molecular formula is C5H11N. The van der Waals surface area contributed by atoms with Crippen LogP contribution in [0.2, 0.25) is 0 Å². The zero-order chi connectivity index (χ0) is 4.99. The molecule has 1 nitrogen and oxygen atoms in total. The van der Waals surface area contributed by atoms with Gasteiger partial charge in [-0.3, -0.25) is 0 Å². The van der Waals surface area contributed by atoms with Crippen LogP contribution in [0.5, 0.6) is 0 Å². The molecule has 0 aliphatic rings. The van der Waals surface area contributed by atoms with Crippen LogP contribution in [-0.2, 0) is 0 Å². The van der Waals surface area contributed by atoms with E-state index in [1.165, 1.54) is 0 Å². The first kappa shape index (κ1) is 5.96. The molecule has 0 saturated carbocycles. The molecule has 0 fully saturated rings. The highest BCUT2D eigenvalue weighted by atomic mass is 15.0. The molecule has 0 rings (SSSR count). The Hall–Kier alpha value is -0.0400. The summed E-state index contributed by atoms with van der Waals surface area (Å²) in [6.07, 6.45) is 0.882. The van der Waals surface area contributed by atoms with E-state index in [9.17, 15) is 0 Å². The van der Waals surface area contributed by atoms with Gasteiger partial charge < -0.3 is 4.90 Å². The molecular weight excluding hydrogens is 74.1 g/mol. The number of rotatable bonds is 2. The van der Waals surface area contributed by atoms with Gasteiger partial charge in [0.2, 0.25) is 0 Å². The van der Waals surface area contributed by atoms with Gasteiger partial charge in [0.25, 0.3) is 0 Å². The van der Waals surface area contributed by atoms with Gasteiger partial charge in [0, 0.05) is 6.54 Å². The average Bonchev–Trinajstić information content (AvgIpc) is 1.35. The van der Waals surface area contributed by atoms with Gasteiger partial charge >= 0.3 is 0 Å². The van der Waals surface area contributed by atoms with Gasteiger partial charge in [0.1, 0.15) is 0 Å². The van der Waals surface area contributed by atoms with Crippen LogP contribution in [0.1, 0.15) is 6.42 Å². The summed E-state index contributed by atoms with van der Waals surface area (Å²) in [4.78, 5) is 1.99. The van der Waals surface area contributed by atoms with Crippen molar-refractivity contribution in [2.45, 2.75) is 6.42 Å². The number of nitrogens with zero attached hydrogens (tertiary/aromatic N) is 1. The zero-order valence-corrected chi connectivity index (χ0v) is 4.44. The molecule has 0 amide bonds. The van der Waals surface area contributed by atoms with E-state index in [2.05, 4.69) is 6.92 Å². The lowest BCUT2D eigenvalue weighted by atomic mass is 10.5. The van der Waals surface area contributed by atoms with Crippen molar-refractivity contribution in [2.24, 2.45) is 0 Å². The summed E-state index contributed by atoms with van der Waals surface area (Å²) in [5.74, 6) is 0. The fourth-order valence-electron chi connectivity index (χ4n) is 0.258. The van der Waals surface area contributed by atoms with Crippen molar-refractivity contribution in [3.63, 3.8) is 0 Å². The van der Waals surface area contributed by atoms with Gasteiger partial charge in [0.15, 0.2) is 0 Å². The molecule has 0 aromatic rings. The number of hydrogen-bond donors (Lipinski definition) is 0. The molecule has 6 heavy (non-hydrogen) atoms. The zero-order valence-electron chi connectivity index (χ0n) is 4.44. The molecule has 0 N–H and O–H groups in total. The van der Waals surface area contributed by atoms with Crippen LogP contribution in [0.4, 0.5) is 0 Å². The maximum absolute atomic E-state index is 3.63. The second kappa shape index (κ2) is 3.16.